The van der Waals surface area contributed by atoms with Crippen molar-refractivity contribution in [2.45, 2.75) is 12.5 Å². The molecular weight excluding hydrogens is 254 g/mol. The summed E-state index contributed by atoms with van der Waals surface area (Å²) in [4.78, 5) is 17.5. The molecule has 1 saturated heterocycles. The maximum absolute atomic E-state index is 12.2. The Bertz CT molecular complexity index is 571. The summed E-state index contributed by atoms with van der Waals surface area (Å²) in [6.45, 7) is 0. The number of carbonyl (C=O) groups excluding carboxylic acids is 1. The lowest BCUT2D eigenvalue weighted by Gasteiger charge is -2.23. The third-order valence-electron chi connectivity index (χ3n) is 3.16. The van der Waals surface area contributed by atoms with Crippen molar-refractivity contribution in [3.05, 3.63) is 24.0 Å². The first-order valence-corrected chi connectivity index (χ1v) is 7.40. The minimum Gasteiger partial charge on any atom is -0.397 e. The first kappa shape index (κ1) is 12.8. The lowest BCUT2D eigenvalue weighted by molar-refractivity contribution is 0.0748. The average molecular weight is 269 g/mol. The quantitative estimate of drug-likeness (QED) is 0.810. The lowest BCUT2D eigenvalue weighted by Crippen LogP contribution is -2.38. The molecule has 0 saturated carbocycles. The molecule has 2 heterocycles. The number of nitrogens with two attached hydrogens (primary N) is 1. The van der Waals surface area contributed by atoms with Crippen molar-refractivity contribution in [2.75, 3.05) is 24.3 Å². The van der Waals surface area contributed by atoms with Crippen molar-refractivity contribution in [3.8, 4) is 0 Å². The summed E-state index contributed by atoms with van der Waals surface area (Å²) in [5.41, 5.74) is 6.34. The average Bonchev–Trinajstić information content (AvgIpc) is 2.68. The number of carbonyl (C=O) groups is 1. The molecule has 7 heteroatoms. The second-order valence-electron chi connectivity index (χ2n) is 4.44. The number of nitrogen functional groups attached to an aromatic ring is 1. The zero-order chi connectivity index (χ0) is 13.3. The summed E-state index contributed by atoms with van der Waals surface area (Å²) in [5.74, 6) is -0.0987. The van der Waals surface area contributed by atoms with Crippen LogP contribution in [0.3, 0.4) is 0 Å². The Morgan fingerprint density at radius 2 is 2.28 bits per heavy atom. The molecule has 1 aliphatic rings. The van der Waals surface area contributed by atoms with E-state index in [0.29, 0.717) is 17.7 Å². The fourth-order valence-corrected chi connectivity index (χ4v) is 3.81. The standard InChI is InChI=1S/C11H15N3O3S/c1-14(8-3-5-18(16,17)7-8)11(15)9-2-4-13-6-10(9)12/h2,4,6,8H,3,5,7,12H2,1H3. The van der Waals surface area contributed by atoms with Crippen LogP contribution in [0, 0.1) is 0 Å². The second-order valence-corrected chi connectivity index (χ2v) is 6.66. The Morgan fingerprint density at radius 3 is 2.83 bits per heavy atom. The van der Waals surface area contributed by atoms with Crippen molar-refractivity contribution >= 4 is 21.4 Å². The number of amides is 1. The molecule has 1 unspecified atom stereocenters. The van der Waals surface area contributed by atoms with E-state index < -0.39 is 9.84 Å². The molecule has 0 radical (unpaired) electrons. The van der Waals surface area contributed by atoms with Crippen LogP contribution in [0.15, 0.2) is 18.5 Å². The van der Waals surface area contributed by atoms with Crippen molar-refractivity contribution in [1.82, 2.24) is 9.88 Å². The minimum absolute atomic E-state index is 0.0280. The number of aromatic nitrogens is 1. The van der Waals surface area contributed by atoms with Gasteiger partial charge in [-0.15, -0.1) is 0 Å². The second kappa shape index (κ2) is 4.56. The molecule has 1 aliphatic heterocycles. The maximum Gasteiger partial charge on any atom is 0.256 e. The van der Waals surface area contributed by atoms with Gasteiger partial charge in [0.15, 0.2) is 9.84 Å². The molecule has 0 bridgehead atoms. The molecule has 2 rings (SSSR count). The zero-order valence-corrected chi connectivity index (χ0v) is 10.9. The van der Waals surface area contributed by atoms with E-state index in [1.54, 1.807) is 7.05 Å². The highest BCUT2D eigenvalue weighted by molar-refractivity contribution is 7.91. The van der Waals surface area contributed by atoms with Crippen LogP contribution in [0.5, 0.6) is 0 Å². The summed E-state index contributed by atoms with van der Waals surface area (Å²) < 4.78 is 22.8. The number of anilines is 1. The molecule has 1 fully saturated rings. The highest BCUT2D eigenvalue weighted by Crippen LogP contribution is 2.20. The van der Waals surface area contributed by atoms with Crippen LogP contribution in [0.4, 0.5) is 5.69 Å². The summed E-state index contributed by atoms with van der Waals surface area (Å²) in [6, 6.07) is 1.27. The van der Waals surface area contributed by atoms with E-state index in [9.17, 15) is 13.2 Å². The van der Waals surface area contributed by atoms with Gasteiger partial charge in [0, 0.05) is 19.3 Å². The van der Waals surface area contributed by atoms with Gasteiger partial charge in [0.25, 0.3) is 5.91 Å². The van der Waals surface area contributed by atoms with Crippen LogP contribution in [0.2, 0.25) is 0 Å². The Hall–Kier alpha value is -1.63. The SMILES string of the molecule is CN(C(=O)c1ccncc1N)C1CCS(=O)(=O)C1. The Kier molecular flexibility index (Phi) is 3.25. The van der Waals surface area contributed by atoms with Gasteiger partial charge in [-0.25, -0.2) is 8.42 Å². The van der Waals surface area contributed by atoms with Gasteiger partial charge in [-0.3, -0.25) is 9.78 Å². The summed E-state index contributed by atoms with van der Waals surface area (Å²) in [5, 5.41) is 0. The van der Waals surface area contributed by atoms with Crippen LogP contribution in [0.25, 0.3) is 0 Å². The van der Waals surface area contributed by atoms with Gasteiger partial charge >= 0.3 is 0 Å². The number of pyridine rings is 1. The van der Waals surface area contributed by atoms with Crippen molar-refractivity contribution < 1.29 is 13.2 Å². The van der Waals surface area contributed by atoms with E-state index in [1.165, 1.54) is 23.4 Å². The van der Waals surface area contributed by atoms with E-state index in [0.717, 1.165) is 0 Å². The van der Waals surface area contributed by atoms with Crippen molar-refractivity contribution in [3.63, 3.8) is 0 Å². The molecule has 1 aromatic heterocycles. The van der Waals surface area contributed by atoms with E-state index in [-0.39, 0.29) is 23.5 Å². The summed E-state index contributed by atoms with van der Waals surface area (Å²) in [6.07, 6.45) is 3.38. The molecule has 1 aromatic rings. The predicted molar refractivity (Wildman–Crippen MR) is 67.8 cm³/mol. The summed E-state index contributed by atoms with van der Waals surface area (Å²) >= 11 is 0. The molecular formula is C11H15N3O3S. The number of rotatable bonds is 2. The number of hydrogen-bond acceptors (Lipinski definition) is 5. The molecule has 18 heavy (non-hydrogen) atoms. The van der Waals surface area contributed by atoms with Crippen LogP contribution in [0.1, 0.15) is 16.8 Å². The molecule has 0 aliphatic carbocycles. The molecule has 1 amide bonds. The molecule has 0 spiro atoms. The van der Waals surface area contributed by atoms with Crippen molar-refractivity contribution in [1.29, 1.82) is 0 Å². The van der Waals surface area contributed by atoms with Crippen LogP contribution in [-0.4, -0.2) is 48.8 Å². The normalized spacial score (nSPS) is 21.7. The minimum atomic E-state index is -3.00. The van der Waals surface area contributed by atoms with E-state index in [1.807, 2.05) is 0 Å². The number of sulfone groups is 1. The Balaban J connectivity index is 2.18. The van der Waals surface area contributed by atoms with Gasteiger partial charge in [0.2, 0.25) is 0 Å². The first-order valence-electron chi connectivity index (χ1n) is 5.58. The summed E-state index contributed by atoms with van der Waals surface area (Å²) in [7, 11) is -1.40. The highest BCUT2D eigenvalue weighted by atomic mass is 32.2. The fraction of sp³-hybridized carbons (Fsp3) is 0.455. The molecule has 0 aromatic carbocycles. The van der Waals surface area contributed by atoms with Gasteiger partial charge in [-0.2, -0.15) is 0 Å². The smallest absolute Gasteiger partial charge is 0.256 e. The fourth-order valence-electron chi connectivity index (χ4n) is 2.04. The van der Waals surface area contributed by atoms with Crippen LogP contribution < -0.4 is 5.73 Å². The Labute approximate surface area is 106 Å². The zero-order valence-electron chi connectivity index (χ0n) is 10.0. The third-order valence-corrected chi connectivity index (χ3v) is 4.91. The van der Waals surface area contributed by atoms with E-state index >= 15 is 0 Å². The van der Waals surface area contributed by atoms with E-state index in [4.69, 9.17) is 5.73 Å². The highest BCUT2D eigenvalue weighted by Gasteiger charge is 2.33. The number of hydrogen-bond donors (Lipinski definition) is 1. The van der Waals surface area contributed by atoms with Crippen LogP contribution >= 0.6 is 0 Å². The van der Waals surface area contributed by atoms with E-state index in [2.05, 4.69) is 4.98 Å². The van der Waals surface area contributed by atoms with Crippen LogP contribution in [-0.2, 0) is 9.84 Å². The largest absolute Gasteiger partial charge is 0.397 e. The third kappa shape index (κ3) is 2.45. The lowest BCUT2D eigenvalue weighted by atomic mass is 10.1. The molecule has 6 nitrogen and oxygen atoms in total. The molecule has 2 N–H and O–H groups in total. The number of nitrogens with zero attached hydrogens (tertiary/aromatic N) is 2. The van der Waals surface area contributed by atoms with Gasteiger partial charge in [-0.05, 0) is 12.5 Å². The first-order chi connectivity index (χ1) is 8.41. The molecule has 98 valence electrons. The topological polar surface area (TPSA) is 93.4 Å². The predicted octanol–water partition coefficient (Wildman–Crippen LogP) is -0.0771. The van der Waals surface area contributed by atoms with Crippen molar-refractivity contribution in [2.24, 2.45) is 0 Å². The van der Waals surface area contributed by atoms with Gasteiger partial charge in [0.05, 0.1) is 29.0 Å². The molecule has 1 atom stereocenters. The van der Waals surface area contributed by atoms with Gasteiger partial charge < -0.3 is 10.6 Å². The maximum atomic E-state index is 12.2. The van der Waals surface area contributed by atoms with Gasteiger partial charge in [0.1, 0.15) is 0 Å². The Morgan fingerprint density at radius 1 is 1.56 bits per heavy atom. The monoisotopic (exact) mass is 269 g/mol. The van der Waals surface area contributed by atoms with Gasteiger partial charge in [-0.1, -0.05) is 0 Å².